The van der Waals surface area contributed by atoms with E-state index in [0.29, 0.717) is 34.7 Å². The van der Waals surface area contributed by atoms with Crippen molar-refractivity contribution in [1.29, 1.82) is 0 Å². The molecular formula is C25H19ClN4O4. The normalized spacial score (nSPS) is 16.2. The minimum absolute atomic E-state index is 0.0214. The molecule has 9 heteroatoms. The first-order chi connectivity index (χ1) is 16.6. The van der Waals surface area contributed by atoms with Gasteiger partial charge in [0.25, 0.3) is 5.91 Å². The molecule has 1 unspecified atom stereocenters. The molecule has 3 aromatic carbocycles. The van der Waals surface area contributed by atoms with Crippen molar-refractivity contribution in [1.82, 2.24) is 9.55 Å². The lowest BCUT2D eigenvalue weighted by Gasteiger charge is -2.16. The van der Waals surface area contributed by atoms with E-state index in [9.17, 15) is 9.59 Å². The molecule has 1 atom stereocenters. The van der Waals surface area contributed by atoms with Crippen LogP contribution in [0.25, 0.3) is 11.0 Å². The lowest BCUT2D eigenvalue weighted by atomic mass is 10.1. The summed E-state index contributed by atoms with van der Waals surface area (Å²) >= 11 is 5.93. The molecule has 170 valence electrons. The summed E-state index contributed by atoms with van der Waals surface area (Å²) in [6.45, 7) is 0.482. The van der Waals surface area contributed by atoms with Gasteiger partial charge in [-0.05, 0) is 54.1 Å². The summed E-state index contributed by atoms with van der Waals surface area (Å²) in [5.74, 6) is 1.40. The number of carbonyl (C=O) groups excluding carboxylic acids is 2. The number of amides is 2. The molecule has 2 amide bonds. The molecule has 0 fully saturated rings. The number of nitrogens with zero attached hydrogens (tertiary/aromatic N) is 3. The molecule has 0 spiro atoms. The van der Waals surface area contributed by atoms with Crippen LogP contribution < -0.4 is 19.7 Å². The van der Waals surface area contributed by atoms with E-state index in [1.54, 1.807) is 29.2 Å². The highest BCUT2D eigenvalue weighted by Gasteiger charge is 2.41. The van der Waals surface area contributed by atoms with E-state index in [4.69, 9.17) is 26.1 Å². The van der Waals surface area contributed by atoms with Gasteiger partial charge in [0.05, 0.1) is 24.0 Å². The van der Waals surface area contributed by atoms with Crippen LogP contribution in [0.2, 0.25) is 5.02 Å². The molecule has 1 N–H and O–H groups in total. The minimum atomic E-state index is -0.705. The van der Waals surface area contributed by atoms with Crippen LogP contribution in [0.15, 0.2) is 66.7 Å². The molecule has 0 saturated carbocycles. The van der Waals surface area contributed by atoms with E-state index in [-0.39, 0.29) is 25.0 Å². The molecule has 0 bridgehead atoms. The number of imidazole rings is 1. The number of benzene rings is 3. The number of ether oxygens (including phenoxy) is 2. The maximum Gasteiger partial charge on any atom is 0.253 e. The van der Waals surface area contributed by atoms with Crippen LogP contribution in [-0.4, -0.2) is 28.2 Å². The van der Waals surface area contributed by atoms with Crippen LogP contribution >= 0.6 is 11.6 Å². The summed E-state index contributed by atoms with van der Waals surface area (Å²) in [7, 11) is 0. The zero-order valence-electron chi connectivity index (χ0n) is 17.9. The van der Waals surface area contributed by atoms with Crippen molar-refractivity contribution in [2.45, 2.75) is 19.0 Å². The standard InChI is InChI=1S/C25H19ClN4O4/c26-16-6-8-17(9-7-16)27-23(31)12-20-24(32)29(13-15-5-10-21-22(11-15)34-14-33-21)25-28-18-3-1-2-4-19(18)30(20)25/h1-11,20H,12-14H2,(H,27,31). The topological polar surface area (TPSA) is 85.7 Å². The first-order valence-electron chi connectivity index (χ1n) is 10.8. The Hall–Kier alpha value is -4.04. The number of hydrogen-bond acceptors (Lipinski definition) is 5. The van der Waals surface area contributed by atoms with Crippen LogP contribution in [0.3, 0.4) is 0 Å². The zero-order chi connectivity index (χ0) is 23.2. The van der Waals surface area contributed by atoms with Crippen molar-refractivity contribution >= 4 is 46.1 Å². The van der Waals surface area contributed by atoms with E-state index in [0.717, 1.165) is 16.6 Å². The molecule has 6 rings (SSSR count). The van der Waals surface area contributed by atoms with Gasteiger partial charge in [-0.1, -0.05) is 29.8 Å². The van der Waals surface area contributed by atoms with Gasteiger partial charge in [0, 0.05) is 10.7 Å². The smallest absolute Gasteiger partial charge is 0.253 e. The molecule has 4 aromatic rings. The summed E-state index contributed by atoms with van der Waals surface area (Å²) in [6.07, 6.45) is -0.0214. The van der Waals surface area contributed by atoms with Crippen LogP contribution in [0.5, 0.6) is 11.5 Å². The monoisotopic (exact) mass is 474 g/mol. The first kappa shape index (κ1) is 20.6. The Balaban J connectivity index is 1.31. The maximum absolute atomic E-state index is 13.5. The van der Waals surface area contributed by atoms with E-state index >= 15 is 0 Å². The molecule has 2 aliphatic rings. The van der Waals surface area contributed by atoms with Gasteiger partial charge in [0.15, 0.2) is 11.5 Å². The molecule has 0 saturated heterocycles. The van der Waals surface area contributed by atoms with Crippen molar-refractivity contribution in [3.63, 3.8) is 0 Å². The van der Waals surface area contributed by atoms with Gasteiger partial charge in [-0.25, -0.2) is 4.98 Å². The van der Waals surface area contributed by atoms with E-state index in [2.05, 4.69) is 5.32 Å². The second kappa shape index (κ2) is 8.07. The SMILES string of the molecule is O=C(CC1C(=O)N(Cc2ccc3c(c2)OCO3)c2nc3ccccc3n21)Nc1ccc(Cl)cc1. The molecule has 3 heterocycles. The van der Waals surface area contributed by atoms with E-state index in [1.165, 1.54) is 0 Å². The second-order valence-electron chi connectivity index (χ2n) is 8.16. The molecule has 8 nitrogen and oxygen atoms in total. The van der Waals surface area contributed by atoms with Crippen LogP contribution in [0.4, 0.5) is 11.6 Å². The van der Waals surface area contributed by atoms with Crippen molar-refractivity contribution < 1.29 is 19.1 Å². The average Bonchev–Trinajstić information content (AvgIpc) is 3.51. The Morgan fingerprint density at radius 3 is 2.71 bits per heavy atom. The Labute approximate surface area is 199 Å². The Morgan fingerprint density at radius 2 is 1.85 bits per heavy atom. The number of fused-ring (bicyclic) bond motifs is 4. The van der Waals surface area contributed by atoms with Crippen LogP contribution in [-0.2, 0) is 16.1 Å². The first-order valence-corrected chi connectivity index (χ1v) is 11.2. The number of aromatic nitrogens is 2. The number of hydrogen-bond donors (Lipinski definition) is 1. The lowest BCUT2D eigenvalue weighted by Crippen LogP contribution is -2.31. The quantitative estimate of drug-likeness (QED) is 0.459. The molecule has 1 aromatic heterocycles. The summed E-state index contributed by atoms with van der Waals surface area (Å²) < 4.78 is 12.7. The third-order valence-corrected chi connectivity index (χ3v) is 6.22. The number of anilines is 2. The summed E-state index contributed by atoms with van der Waals surface area (Å²) in [5.41, 5.74) is 3.07. The Morgan fingerprint density at radius 1 is 1.06 bits per heavy atom. The number of carbonyl (C=O) groups is 2. The molecular weight excluding hydrogens is 456 g/mol. The van der Waals surface area contributed by atoms with Gasteiger partial charge >= 0.3 is 0 Å². The molecule has 0 aliphatic carbocycles. The fourth-order valence-electron chi connectivity index (χ4n) is 4.39. The lowest BCUT2D eigenvalue weighted by molar-refractivity contribution is -0.124. The molecule has 2 aliphatic heterocycles. The van der Waals surface area contributed by atoms with Gasteiger partial charge < -0.3 is 14.8 Å². The highest BCUT2D eigenvalue weighted by atomic mass is 35.5. The maximum atomic E-state index is 13.5. The largest absolute Gasteiger partial charge is 0.454 e. The predicted octanol–water partition coefficient (Wildman–Crippen LogP) is 4.54. The fourth-order valence-corrected chi connectivity index (χ4v) is 4.51. The summed E-state index contributed by atoms with van der Waals surface area (Å²) in [4.78, 5) is 32.8. The number of rotatable bonds is 5. The minimum Gasteiger partial charge on any atom is -0.454 e. The third-order valence-electron chi connectivity index (χ3n) is 5.97. The fraction of sp³-hybridized carbons (Fsp3) is 0.160. The third kappa shape index (κ3) is 3.52. The van der Waals surface area contributed by atoms with Crippen molar-refractivity contribution in [2.75, 3.05) is 17.0 Å². The number of para-hydroxylation sites is 2. The average molecular weight is 475 g/mol. The zero-order valence-corrected chi connectivity index (χ0v) is 18.7. The summed E-state index contributed by atoms with van der Waals surface area (Å²) in [5, 5.41) is 3.43. The van der Waals surface area contributed by atoms with Crippen molar-refractivity contribution in [3.05, 3.63) is 77.3 Å². The predicted molar refractivity (Wildman–Crippen MR) is 127 cm³/mol. The van der Waals surface area contributed by atoms with Gasteiger partial charge in [0.2, 0.25) is 18.6 Å². The molecule has 34 heavy (non-hydrogen) atoms. The number of nitrogens with one attached hydrogen (secondary N) is 1. The van der Waals surface area contributed by atoms with Crippen molar-refractivity contribution in [3.8, 4) is 11.5 Å². The Bertz CT molecular complexity index is 1430. The highest BCUT2D eigenvalue weighted by molar-refractivity contribution is 6.30. The highest BCUT2D eigenvalue weighted by Crippen LogP contribution is 2.39. The van der Waals surface area contributed by atoms with Crippen LogP contribution in [0, 0.1) is 0 Å². The number of halogens is 1. The van der Waals surface area contributed by atoms with E-state index in [1.807, 2.05) is 47.0 Å². The van der Waals surface area contributed by atoms with Crippen molar-refractivity contribution in [2.24, 2.45) is 0 Å². The van der Waals surface area contributed by atoms with Crippen LogP contribution in [0.1, 0.15) is 18.0 Å². The summed E-state index contributed by atoms with van der Waals surface area (Å²) in [6, 6.07) is 19.3. The van der Waals surface area contributed by atoms with Gasteiger partial charge in [-0.3, -0.25) is 19.1 Å². The van der Waals surface area contributed by atoms with Gasteiger partial charge in [-0.2, -0.15) is 0 Å². The Kier molecular flexibility index (Phi) is 4.88. The van der Waals surface area contributed by atoms with E-state index < -0.39 is 6.04 Å². The molecule has 0 radical (unpaired) electrons. The second-order valence-corrected chi connectivity index (χ2v) is 8.59. The van der Waals surface area contributed by atoms with Gasteiger partial charge in [-0.15, -0.1) is 0 Å². The van der Waals surface area contributed by atoms with Gasteiger partial charge in [0.1, 0.15) is 6.04 Å².